The van der Waals surface area contributed by atoms with Gasteiger partial charge in [0.2, 0.25) is 5.91 Å². The van der Waals surface area contributed by atoms with Gasteiger partial charge in [-0.1, -0.05) is 6.42 Å². The number of amides is 3. The minimum absolute atomic E-state index is 0.0620. The zero-order valence-electron chi connectivity index (χ0n) is 17.5. The van der Waals surface area contributed by atoms with Crippen molar-refractivity contribution < 1.29 is 9.59 Å². The molecule has 1 aliphatic rings. The van der Waals surface area contributed by atoms with Crippen LogP contribution in [-0.4, -0.2) is 43.0 Å². The Hall–Kier alpha value is -2.24. The molecule has 3 amide bonds. The Labute approximate surface area is 163 Å². The maximum atomic E-state index is 12.6. The van der Waals surface area contributed by atoms with E-state index in [2.05, 4.69) is 10.6 Å². The van der Waals surface area contributed by atoms with Crippen LogP contribution in [-0.2, 0) is 11.3 Å². The van der Waals surface area contributed by atoms with Crippen LogP contribution in [0, 0.1) is 5.92 Å². The molecule has 6 heteroatoms. The molecule has 0 spiro atoms. The monoisotopic (exact) mass is 374 g/mol. The molecular formula is C21H34N4O2. The van der Waals surface area contributed by atoms with E-state index < -0.39 is 0 Å². The molecular weight excluding hydrogens is 340 g/mol. The molecule has 150 valence electrons. The normalized spacial score (nSPS) is 14.1. The van der Waals surface area contributed by atoms with Gasteiger partial charge in [0, 0.05) is 50.0 Å². The van der Waals surface area contributed by atoms with E-state index in [9.17, 15) is 9.59 Å². The second-order valence-corrected chi connectivity index (χ2v) is 8.18. The van der Waals surface area contributed by atoms with Crippen molar-refractivity contribution >= 4 is 23.3 Å². The molecule has 0 aromatic heterocycles. The summed E-state index contributed by atoms with van der Waals surface area (Å²) in [5.74, 6) is 0.244. The maximum Gasteiger partial charge on any atom is 0.318 e. The smallest absolute Gasteiger partial charge is 0.318 e. The first-order valence-electron chi connectivity index (χ1n) is 9.87. The predicted molar refractivity (Wildman–Crippen MR) is 111 cm³/mol. The number of nitrogens with one attached hydrogen (secondary N) is 2. The molecule has 0 heterocycles. The summed E-state index contributed by atoms with van der Waals surface area (Å²) in [6.45, 7) is 8.42. The highest BCUT2D eigenvalue weighted by Crippen LogP contribution is 2.29. The Morgan fingerprint density at radius 3 is 2.30 bits per heavy atom. The summed E-state index contributed by atoms with van der Waals surface area (Å²) in [4.78, 5) is 28.8. The quantitative estimate of drug-likeness (QED) is 0.762. The Balaban J connectivity index is 2.23. The largest absolute Gasteiger partial charge is 0.377 e. The molecule has 0 bridgehead atoms. The number of benzene rings is 1. The van der Waals surface area contributed by atoms with Gasteiger partial charge in [-0.15, -0.1) is 0 Å². The molecule has 2 N–H and O–H groups in total. The predicted octanol–water partition coefficient (Wildman–Crippen LogP) is 3.82. The van der Waals surface area contributed by atoms with Crippen molar-refractivity contribution in [2.45, 2.75) is 65.6 Å². The fraction of sp³-hybridized carbons (Fsp3) is 0.619. The number of anilines is 2. The number of hydrogen-bond donors (Lipinski definition) is 2. The van der Waals surface area contributed by atoms with Crippen molar-refractivity contribution in [3.63, 3.8) is 0 Å². The summed E-state index contributed by atoms with van der Waals surface area (Å²) in [5.41, 5.74) is 2.85. The molecule has 0 radical (unpaired) electrons. The zero-order chi connectivity index (χ0) is 20.1. The van der Waals surface area contributed by atoms with E-state index in [0.717, 1.165) is 36.2 Å². The third-order valence-electron chi connectivity index (χ3n) is 4.94. The van der Waals surface area contributed by atoms with Gasteiger partial charge in [0.1, 0.15) is 0 Å². The fourth-order valence-electron chi connectivity index (χ4n) is 3.14. The first kappa shape index (κ1) is 21.1. The molecule has 1 saturated carbocycles. The Kier molecular flexibility index (Phi) is 7.11. The summed E-state index contributed by atoms with van der Waals surface area (Å²) in [6.07, 6.45) is 3.09. The fourth-order valence-corrected chi connectivity index (χ4v) is 3.14. The summed E-state index contributed by atoms with van der Waals surface area (Å²) in [6, 6.07) is 6.00. The van der Waals surface area contributed by atoms with Crippen LogP contribution < -0.4 is 15.5 Å². The van der Waals surface area contributed by atoms with Crippen molar-refractivity contribution in [2.24, 2.45) is 5.92 Å². The average Bonchev–Trinajstić information content (AvgIpc) is 2.49. The van der Waals surface area contributed by atoms with Gasteiger partial charge in [-0.3, -0.25) is 4.79 Å². The van der Waals surface area contributed by atoms with Crippen LogP contribution in [0.5, 0.6) is 0 Å². The summed E-state index contributed by atoms with van der Waals surface area (Å²) in [7, 11) is 3.97. The Bertz CT molecular complexity index is 666. The highest BCUT2D eigenvalue weighted by atomic mass is 16.2. The highest BCUT2D eigenvalue weighted by Gasteiger charge is 2.25. The number of urea groups is 1. The molecule has 0 saturated heterocycles. The molecule has 0 unspecified atom stereocenters. The lowest BCUT2D eigenvalue weighted by atomic mass is 9.85. The van der Waals surface area contributed by atoms with Crippen LogP contribution in [0.15, 0.2) is 18.2 Å². The molecule has 1 aromatic carbocycles. The number of rotatable bonds is 7. The molecule has 1 fully saturated rings. The molecule has 2 rings (SSSR count). The minimum Gasteiger partial charge on any atom is -0.377 e. The molecule has 27 heavy (non-hydrogen) atoms. The Morgan fingerprint density at radius 2 is 1.81 bits per heavy atom. The van der Waals surface area contributed by atoms with Crippen LogP contribution in [0.3, 0.4) is 0 Å². The molecule has 1 aromatic rings. The standard InChI is InChI=1S/C21H34N4O2/c1-14(2)22-21(27)25(15(3)4)13-17-12-18(10-11-19(17)24(5)6)23-20(26)16-8-7-9-16/h10-12,14-16H,7-9,13H2,1-6H3,(H,22,27)(H,23,26). The first-order chi connectivity index (χ1) is 12.7. The van der Waals surface area contributed by atoms with Gasteiger partial charge < -0.3 is 20.4 Å². The van der Waals surface area contributed by atoms with Gasteiger partial charge >= 0.3 is 6.03 Å². The zero-order valence-corrected chi connectivity index (χ0v) is 17.5. The third-order valence-corrected chi connectivity index (χ3v) is 4.94. The van der Waals surface area contributed by atoms with Crippen LogP contribution in [0.1, 0.15) is 52.5 Å². The lowest BCUT2D eigenvalue weighted by molar-refractivity contribution is -0.122. The average molecular weight is 375 g/mol. The summed E-state index contributed by atoms with van der Waals surface area (Å²) in [5, 5.41) is 6.01. The number of carbonyl (C=O) groups excluding carboxylic acids is 2. The van der Waals surface area contributed by atoms with Crippen molar-refractivity contribution in [1.82, 2.24) is 10.2 Å². The summed E-state index contributed by atoms with van der Waals surface area (Å²) < 4.78 is 0. The third kappa shape index (κ3) is 5.62. The Morgan fingerprint density at radius 1 is 1.15 bits per heavy atom. The number of hydrogen-bond acceptors (Lipinski definition) is 3. The van der Waals surface area contributed by atoms with Gasteiger partial charge in [-0.25, -0.2) is 4.79 Å². The van der Waals surface area contributed by atoms with Crippen molar-refractivity contribution in [2.75, 3.05) is 24.3 Å². The highest BCUT2D eigenvalue weighted by molar-refractivity contribution is 5.93. The van der Waals surface area contributed by atoms with Crippen LogP contribution in [0.25, 0.3) is 0 Å². The van der Waals surface area contributed by atoms with E-state index in [1.54, 1.807) is 0 Å². The lowest BCUT2D eigenvalue weighted by Crippen LogP contribution is -2.46. The van der Waals surface area contributed by atoms with Gasteiger partial charge in [0.15, 0.2) is 0 Å². The van der Waals surface area contributed by atoms with Crippen LogP contribution in [0.4, 0.5) is 16.2 Å². The van der Waals surface area contributed by atoms with Crippen molar-refractivity contribution in [3.05, 3.63) is 23.8 Å². The molecule has 1 aliphatic carbocycles. The van der Waals surface area contributed by atoms with E-state index in [0.29, 0.717) is 6.54 Å². The second-order valence-electron chi connectivity index (χ2n) is 8.18. The van der Waals surface area contributed by atoms with E-state index in [1.165, 1.54) is 0 Å². The van der Waals surface area contributed by atoms with Gasteiger partial charge in [-0.2, -0.15) is 0 Å². The molecule has 0 aliphatic heterocycles. The van der Waals surface area contributed by atoms with E-state index in [1.807, 2.05) is 69.8 Å². The second kappa shape index (κ2) is 9.11. The van der Waals surface area contributed by atoms with Gasteiger partial charge in [0.05, 0.1) is 0 Å². The van der Waals surface area contributed by atoms with Gasteiger partial charge in [-0.05, 0) is 64.3 Å². The van der Waals surface area contributed by atoms with Gasteiger partial charge in [0.25, 0.3) is 0 Å². The topological polar surface area (TPSA) is 64.7 Å². The molecule has 6 nitrogen and oxygen atoms in total. The summed E-state index contributed by atoms with van der Waals surface area (Å²) >= 11 is 0. The van der Waals surface area contributed by atoms with Crippen LogP contribution in [0.2, 0.25) is 0 Å². The maximum absolute atomic E-state index is 12.6. The lowest BCUT2D eigenvalue weighted by Gasteiger charge is -2.30. The van der Waals surface area contributed by atoms with E-state index >= 15 is 0 Å². The van der Waals surface area contributed by atoms with Crippen LogP contribution >= 0.6 is 0 Å². The SMILES string of the molecule is CC(C)NC(=O)N(Cc1cc(NC(=O)C2CCC2)ccc1N(C)C)C(C)C. The van der Waals surface area contributed by atoms with Crippen molar-refractivity contribution in [3.8, 4) is 0 Å². The number of carbonyl (C=O) groups is 2. The first-order valence-corrected chi connectivity index (χ1v) is 9.87. The van der Waals surface area contributed by atoms with Crippen molar-refractivity contribution in [1.29, 1.82) is 0 Å². The molecule has 0 atom stereocenters. The minimum atomic E-state index is -0.0754. The van der Waals surface area contributed by atoms with E-state index in [-0.39, 0.29) is 29.9 Å². The van der Waals surface area contributed by atoms with E-state index in [4.69, 9.17) is 0 Å². The number of nitrogens with zero attached hydrogens (tertiary/aromatic N) is 2.